The first-order valence-electron chi connectivity index (χ1n) is 7.37. The third kappa shape index (κ3) is 4.55. The molecule has 0 fully saturated rings. The van der Waals surface area contributed by atoms with Crippen LogP contribution in [0.3, 0.4) is 0 Å². The van der Waals surface area contributed by atoms with Crippen molar-refractivity contribution < 1.29 is 4.79 Å². The fourth-order valence-corrected chi connectivity index (χ4v) is 1.89. The first-order chi connectivity index (χ1) is 10.3. The van der Waals surface area contributed by atoms with Crippen LogP contribution >= 0.6 is 0 Å². The van der Waals surface area contributed by atoms with Crippen LogP contribution in [0.25, 0.3) is 6.08 Å². The summed E-state index contributed by atoms with van der Waals surface area (Å²) in [7, 11) is 0. The highest BCUT2D eigenvalue weighted by Gasteiger charge is 2.08. The van der Waals surface area contributed by atoms with Crippen LogP contribution < -0.4 is 5.32 Å². The summed E-state index contributed by atoms with van der Waals surface area (Å²) in [5.41, 5.74) is 2.80. The number of pyridine rings is 1. The predicted molar refractivity (Wildman–Crippen MR) is 91.9 cm³/mol. The predicted octanol–water partition coefficient (Wildman–Crippen LogP) is 4.70. The number of rotatable bonds is 3. The molecule has 0 aliphatic carbocycles. The molecule has 0 radical (unpaired) electrons. The average Bonchev–Trinajstić information content (AvgIpc) is 2.47. The summed E-state index contributed by atoms with van der Waals surface area (Å²) in [6.07, 6.45) is 5.90. The zero-order chi connectivity index (χ0) is 16.2. The van der Waals surface area contributed by atoms with Crippen molar-refractivity contribution in [3.05, 3.63) is 65.4 Å². The molecule has 0 aliphatic rings. The van der Waals surface area contributed by atoms with Gasteiger partial charge in [-0.2, -0.15) is 0 Å². The largest absolute Gasteiger partial charge is 0.306 e. The quantitative estimate of drug-likeness (QED) is 0.891. The van der Waals surface area contributed by atoms with E-state index >= 15 is 0 Å². The SMILES string of the molecule is Cc1cccnc1NC(=O)c1ccc(C=CC(C)(C)C)cc1. The first-order valence-corrected chi connectivity index (χ1v) is 7.37. The molecule has 1 heterocycles. The normalized spacial score (nSPS) is 11.6. The molecule has 1 amide bonds. The Hall–Kier alpha value is -2.42. The van der Waals surface area contributed by atoms with Gasteiger partial charge in [-0.15, -0.1) is 0 Å². The molecular formula is C19H22N2O. The fourth-order valence-electron chi connectivity index (χ4n) is 1.89. The highest BCUT2D eigenvalue weighted by atomic mass is 16.1. The van der Waals surface area contributed by atoms with Crippen molar-refractivity contribution in [3.63, 3.8) is 0 Å². The number of benzene rings is 1. The van der Waals surface area contributed by atoms with Crippen molar-refractivity contribution in [2.75, 3.05) is 5.32 Å². The summed E-state index contributed by atoms with van der Waals surface area (Å²) in [5, 5.41) is 2.83. The van der Waals surface area contributed by atoms with E-state index in [1.807, 2.05) is 43.3 Å². The van der Waals surface area contributed by atoms with Crippen molar-refractivity contribution in [1.29, 1.82) is 0 Å². The topological polar surface area (TPSA) is 42.0 Å². The van der Waals surface area contributed by atoms with Gasteiger partial charge in [0.05, 0.1) is 0 Å². The Kier molecular flexibility index (Phi) is 4.76. The van der Waals surface area contributed by atoms with Crippen molar-refractivity contribution in [3.8, 4) is 0 Å². The van der Waals surface area contributed by atoms with E-state index in [-0.39, 0.29) is 11.3 Å². The number of nitrogens with zero attached hydrogens (tertiary/aromatic N) is 1. The molecule has 0 saturated heterocycles. The smallest absolute Gasteiger partial charge is 0.256 e. The summed E-state index contributed by atoms with van der Waals surface area (Å²) in [6.45, 7) is 8.38. The number of aromatic nitrogens is 1. The van der Waals surface area contributed by atoms with Crippen LogP contribution in [0.4, 0.5) is 5.82 Å². The van der Waals surface area contributed by atoms with Gasteiger partial charge in [0.2, 0.25) is 0 Å². The lowest BCUT2D eigenvalue weighted by Gasteiger charge is -2.11. The molecule has 0 spiro atoms. The molecule has 0 aliphatic heterocycles. The van der Waals surface area contributed by atoms with Crippen LogP contribution in [-0.4, -0.2) is 10.9 Å². The molecule has 2 rings (SSSR count). The highest BCUT2D eigenvalue weighted by Crippen LogP contribution is 2.18. The summed E-state index contributed by atoms with van der Waals surface area (Å²) < 4.78 is 0. The van der Waals surface area contributed by atoms with Crippen LogP contribution in [0, 0.1) is 12.3 Å². The summed E-state index contributed by atoms with van der Waals surface area (Å²) >= 11 is 0. The van der Waals surface area contributed by atoms with Gasteiger partial charge in [0.25, 0.3) is 5.91 Å². The molecular weight excluding hydrogens is 272 g/mol. The van der Waals surface area contributed by atoms with Gasteiger partial charge in [0.1, 0.15) is 5.82 Å². The van der Waals surface area contributed by atoms with E-state index in [4.69, 9.17) is 0 Å². The van der Waals surface area contributed by atoms with E-state index < -0.39 is 0 Å². The molecule has 0 atom stereocenters. The second kappa shape index (κ2) is 6.56. The van der Waals surface area contributed by atoms with Gasteiger partial charge in [-0.05, 0) is 41.7 Å². The Labute approximate surface area is 132 Å². The number of hydrogen-bond acceptors (Lipinski definition) is 2. The van der Waals surface area contributed by atoms with E-state index in [1.54, 1.807) is 6.20 Å². The maximum Gasteiger partial charge on any atom is 0.256 e. The van der Waals surface area contributed by atoms with E-state index in [2.05, 4.69) is 43.2 Å². The van der Waals surface area contributed by atoms with Gasteiger partial charge in [0, 0.05) is 11.8 Å². The number of amides is 1. The minimum Gasteiger partial charge on any atom is -0.306 e. The first kappa shape index (κ1) is 16.0. The number of anilines is 1. The number of carbonyl (C=O) groups is 1. The monoisotopic (exact) mass is 294 g/mol. The van der Waals surface area contributed by atoms with Gasteiger partial charge >= 0.3 is 0 Å². The molecule has 2 aromatic rings. The molecule has 0 bridgehead atoms. The molecule has 3 heteroatoms. The Morgan fingerprint density at radius 3 is 2.41 bits per heavy atom. The van der Waals surface area contributed by atoms with Crippen LogP contribution in [0.1, 0.15) is 42.3 Å². The van der Waals surface area contributed by atoms with Crippen LogP contribution in [-0.2, 0) is 0 Å². The van der Waals surface area contributed by atoms with Crippen LogP contribution in [0.2, 0.25) is 0 Å². The Morgan fingerprint density at radius 2 is 1.82 bits per heavy atom. The lowest BCUT2D eigenvalue weighted by Crippen LogP contribution is -2.13. The number of nitrogens with one attached hydrogen (secondary N) is 1. The minimum absolute atomic E-state index is 0.145. The zero-order valence-corrected chi connectivity index (χ0v) is 13.6. The molecule has 1 aromatic heterocycles. The minimum atomic E-state index is -0.145. The number of carbonyl (C=O) groups excluding carboxylic acids is 1. The lowest BCUT2D eigenvalue weighted by molar-refractivity contribution is 0.102. The van der Waals surface area contributed by atoms with E-state index in [9.17, 15) is 4.79 Å². The van der Waals surface area contributed by atoms with E-state index in [0.717, 1.165) is 11.1 Å². The van der Waals surface area contributed by atoms with E-state index in [1.165, 1.54) is 0 Å². The number of hydrogen-bond donors (Lipinski definition) is 1. The Bertz CT molecular complexity index is 679. The molecule has 0 saturated carbocycles. The third-order valence-corrected chi connectivity index (χ3v) is 3.19. The molecule has 22 heavy (non-hydrogen) atoms. The second-order valence-electron chi connectivity index (χ2n) is 6.44. The zero-order valence-electron chi connectivity index (χ0n) is 13.6. The second-order valence-corrected chi connectivity index (χ2v) is 6.44. The van der Waals surface area contributed by atoms with Gasteiger partial charge in [0.15, 0.2) is 0 Å². The highest BCUT2D eigenvalue weighted by molar-refractivity contribution is 6.04. The summed E-state index contributed by atoms with van der Waals surface area (Å²) in [4.78, 5) is 16.4. The maximum absolute atomic E-state index is 12.2. The van der Waals surface area contributed by atoms with Gasteiger partial charge in [-0.25, -0.2) is 4.98 Å². The van der Waals surface area contributed by atoms with Crippen LogP contribution in [0.5, 0.6) is 0 Å². The number of aryl methyl sites for hydroxylation is 1. The average molecular weight is 294 g/mol. The van der Waals surface area contributed by atoms with Crippen molar-refractivity contribution in [1.82, 2.24) is 4.98 Å². The van der Waals surface area contributed by atoms with Crippen molar-refractivity contribution >= 4 is 17.8 Å². The third-order valence-electron chi connectivity index (χ3n) is 3.19. The molecule has 3 nitrogen and oxygen atoms in total. The van der Waals surface area contributed by atoms with Crippen molar-refractivity contribution in [2.24, 2.45) is 5.41 Å². The fraction of sp³-hybridized carbons (Fsp3) is 0.263. The van der Waals surface area contributed by atoms with Gasteiger partial charge in [-0.3, -0.25) is 4.79 Å². The Morgan fingerprint density at radius 1 is 1.14 bits per heavy atom. The molecule has 1 N–H and O–H groups in total. The molecule has 1 aromatic carbocycles. The summed E-state index contributed by atoms with van der Waals surface area (Å²) in [6, 6.07) is 11.3. The maximum atomic E-state index is 12.2. The van der Waals surface area contributed by atoms with Crippen molar-refractivity contribution in [2.45, 2.75) is 27.7 Å². The molecule has 0 unspecified atom stereocenters. The molecule has 114 valence electrons. The van der Waals surface area contributed by atoms with Gasteiger partial charge in [-0.1, -0.05) is 51.1 Å². The summed E-state index contributed by atoms with van der Waals surface area (Å²) in [5.74, 6) is 0.456. The lowest BCUT2D eigenvalue weighted by atomic mass is 9.95. The Balaban J connectivity index is 2.09. The number of allylic oxidation sites excluding steroid dienone is 1. The van der Waals surface area contributed by atoms with Crippen LogP contribution in [0.15, 0.2) is 48.7 Å². The van der Waals surface area contributed by atoms with E-state index in [0.29, 0.717) is 11.4 Å². The van der Waals surface area contributed by atoms with Gasteiger partial charge < -0.3 is 5.32 Å². The standard InChI is InChI=1S/C19H22N2O/c1-14-6-5-13-20-17(14)21-18(22)16-9-7-15(8-10-16)11-12-19(2,3)4/h5-13H,1-4H3,(H,20,21,22).